The van der Waals surface area contributed by atoms with Crippen LogP contribution in [0.2, 0.25) is 0 Å². The van der Waals surface area contributed by atoms with Gasteiger partial charge in [-0.05, 0) is 12.3 Å². The van der Waals surface area contributed by atoms with Crippen molar-refractivity contribution in [3.05, 3.63) is 11.5 Å². The van der Waals surface area contributed by atoms with E-state index in [2.05, 4.69) is 46.1 Å². The van der Waals surface area contributed by atoms with E-state index in [0.717, 1.165) is 30.3 Å². The molecule has 17 heavy (non-hydrogen) atoms. The maximum Gasteiger partial charge on any atom is 0.127 e. The summed E-state index contributed by atoms with van der Waals surface area (Å²) in [5.74, 6) is 2.37. The van der Waals surface area contributed by atoms with Gasteiger partial charge in [-0.1, -0.05) is 48.0 Å². The van der Waals surface area contributed by atoms with Gasteiger partial charge in [0.2, 0.25) is 0 Å². The highest BCUT2D eigenvalue weighted by Crippen LogP contribution is 2.29. The molecule has 0 amide bonds. The van der Waals surface area contributed by atoms with Gasteiger partial charge in [-0.2, -0.15) is 0 Å². The SMILES string of the molecule is CCCCn1c(C(C)(C)C)nc(C(C)C)c1N. The summed E-state index contributed by atoms with van der Waals surface area (Å²) in [5.41, 5.74) is 7.34. The van der Waals surface area contributed by atoms with Crippen LogP contribution in [0.1, 0.15) is 71.8 Å². The molecule has 0 bridgehead atoms. The van der Waals surface area contributed by atoms with Crippen LogP contribution in [0.4, 0.5) is 5.82 Å². The fourth-order valence-corrected chi connectivity index (χ4v) is 2.02. The van der Waals surface area contributed by atoms with Crippen LogP contribution in [0.15, 0.2) is 0 Å². The lowest BCUT2D eigenvalue weighted by atomic mass is 9.95. The van der Waals surface area contributed by atoms with Gasteiger partial charge in [0.25, 0.3) is 0 Å². The third-order valence-electron chi connectivity index (χ3n) is 2.99. The van der Waals surface area contributed by atoms with Crippen molar-refractivity contribution in [2.24, 2.45) is 0 Å². The van der Waals surface area contributed by atoms with Crippen molar-refractivity contribution in [2.75, 3.05) is 5.73 Å². The van der Waals surface area contributed by atoms with Crippen LogP contribution in [0.25, 0.3) is 0 Å². The minimum absolute atomic E-state index is 0.0506. The van der Waals surface area contributed by atoms with E-state index in [-0.39, 0.29) is 5.41 Å². The molecular weight excluding hydrogens is 210 g/mol. The number of hydrogen-bond donors (Lipinski definition) is 1. The van der Waals surface area contributed by atoms with Crippen molar-refractivity contribution < 1.29 is 0 Å². The number of nitrogen functional groups attached to an aromatic ring is 1. The summed E-state index contributed by atoms with van der Waals surface area (Å²) in [7, 11) is 0. The maximum absolute atomic E-state index is 6.24. The molecule has 0 radical (unpaired) electrons. The Morgan fingerprint density at radius 2 is 1.88 bits per heavy atom. The summed E-state index contributed by atoms with van der Waals surface area (Å²) in [4.78, 5) is 4.77. The fraction of sp³-hybridized carbons (Fsp3) is 0.786. The van der Waals surface area contributed by atoms with E-state index in [0.29, 0.717) is 5.92 Å². The number of nitrogens with two attached hydrogens (primary N) is 1. The van der Waals surface area contributed by atoms with Gasteiger partial charge in [-0.15, -0.1) is 0 Å². The molecule has 1 aromatic heterocycles. The third kappa shape index (κ3) is 3.02. The van der Waals surface area contributed by atoms with Gasteiger partial charge in [0, 0.05) is 12.0 Å². The van der Waals surface area contributed by atoms with Crippen molar-refractivity contribution in [3.8, 4) is 0 Å². The molecule has 0 aliphatic carbocycles. The van der Waals surface area contributed by atoms with Gasteiger partial charge in [0.15, 0.2) is 0 Å². The molecule has 2 N–H and O–H groups in total. The minimum Gasteiger partial charge on any atom is -0.384 e. The van der Waals surface area contributed by atoms with Gasteiger partial charge in [-0.25, -0.2) is 4.98 Å². The molecule has 0 aromatic carbocycles. The molecule has 3 heteroatoms. The Morgan fingerprint density at radius 1 is 1.29 bits per heavy atom. The van der Waals surface area contributed by atoms with E-state index in [1.165, 1.54) is 6.42 Å². The molecule has 0 saturated carbocycles. The summed E-state index contributed by atoms with van der Waals surface area (Å²) < 4.78 is 2.21. The van der Waals surface area contributed by atoms with Crippen LogP contribution < -0.4 is 5.73 Å². The molecule has 3 nitrogen and oxygen atoms in total. The van der Waals surface area contributed by atoms with Crippen LogP contribution in [-0.2, 0) is 12.0 Å². The van der Waals surface area contributed by atoms with Crippen molar-refractivity contribution in [2.45, 2.75) is 72.3 Å². The summed E-state index contributed by atoms with van der Waals surface area (Å²) in [6.45, 7) is 14.1. The molecule has 0 spiro atoms. The Hall–Kier alpha value is -0.990. The second-order valence-corrected chi connectivity index (χ2v) is 6.12. The first-order valence-electron chi connectivity index (χ1n) is 6.65. The van der Waals surface area contributed by atoms with Crippen molar-refractivity contribution in [3.63, 3.8) is 0 Å². The van der Waals surface area contributed by atoms with E-state index in [1.54, 1.807) is 0 Å². The summed E-state index contributed by atoms with van der Waals surface area (Å²) >= 11 is 0. The molecular formula is C14H27N3. The van der Waals surface area contributed by atoms with Crippen LogP contribution in [0, 0.1) is 0 Å². The quantitative estimate of drug-likeness (QED) is 0.868. The second kappa shape index (κ2) is 5.11. The van der Waals surface area contributed by atoms with Crippen LogP contribution in [-0.4, -0.2) is 9.55 Å². The zero-order valence-corrected chi connectivity index (χ0v) is 12.2. The molecule has 1 rings (SSSR count). The zero-order valence-electron chi connectivity index (χ0n) is 12.2. The molecule has 0 atom stereocenters. The highest BCUT2D eigenvalue weighted by Gasteiger charge is 2.25. The first-order chi connectivity index (χ1) is 7.79. The molecule has 0 aliphatic heterocycles. The number of nitrogens with zero attached hydrogens (tertiary/aromatic N) is 2. The predicted molar refractivity (Wildman–Crippen MR) is 74.3 cm³/mol. The van der Waals surface area contributed by atoms with E-state index in [1.807, 2.05) is 0 Å². The Labute approximate surface area is 105 Å². The Morgan fingerprint density at radius 3 is 2.29 bits per heavy atom. The first-order valence-corrected chi connectivity index (χ1v) is 6.65. The molecule has 98 valence electrons. The lowest BCUT2D eigenvalue weighted by molar-refractivity contribution is 0.490. The number of hydrogen-bond acceptors (Lipinski definition) is 2. The predicted octanol–water partition coefficient (Wildman–Crippen LogP) is 3.69. The molecule has 1 aromatic rings. The number of unbranched alkanes of at least 4 members (excludes halogenated alkanes) is 1. The lowest BCUT2D eigenvalue weighted by Crippen LogP contribution is -2.20. The molecule has 0 unspecified atom stereocenters. The molecule has 0 fully saturated rings. The van der Waals surface area contributed by atoms with E-state index in [9.17, 15) is 0 Å². The third-order valence-corrected chi connectivity index (χ3v) is 2.99. The standard InChI is InChI=1S/C14H27N3/c1-7-8-9-17-12(15)11(10(2)3)16-13(17)14(4,5)6/h10H,7-9,15H2,1-6H3. The average Bonchev–Trinajstić information content (AvgIpc) is 2.52. The van der Waals surface area contributed by atoms with Crippen LogP contribution >= 0.6 is 0 Å². The fourth-order valence-electron chi connectivity index (χ4n) is 2.02. The summed E-state index contributed by atoms with van der Waals surface area (Å²) in [6.07, 6.45) is 2.33. The van der Waals surface area contributed by atoms with E-state index < -0.39 is 0 Å². The number of imidazole rings is 1. The average molecular weight is 237 g/mol. The van der Waals surface area contributed by atoms with Crippen molar-refractivity contribution in [1.82, 2.24) is 9.55 Å². The Bertz CT molecular complexity index is 370. The van der Waals surface area contributed by atoms with Gasteiger partial charge in [0.1, 0.15) is 11.6 Å². The van der Waals surface area contributed by atoms with Gasteiger partial charge >= 0.3 is 0 Å². The zero-order chi connectivity index (χ0) is 13.2. The lowest BCUT2D eigenvalue weighted by Gasteiger charge is -2.20. The van der Waals surface area contributed by atoms with Gasteiger partial charge in [0.05, 0.1) is 5.69 Å². The van der Waals surface area contributed by atoms with Crippen molar-refractivity contribution >= 4 is 5.82 Å². The molecule has 1 heterocycles. The maximum atomic E-state index is 6.24. The Kier molecular flexibility index (Phi) is 4.23. The van der Waals surface area contributed by atoms with E-state index in [4.69, 9.17) is 10.7 Å². The summed E-state index contributed by atoms with van der Waals surface area (Å²) in [5, 5.41) is 0. The normalized spacial score (nSPS) is 12.4. The highest BCUT2D eigenvalue weighted by atomic mass is 15.2. The monoisotopic (exact) mass is 237 g/mol. The highest BCUT2D eigenvalue weighted by molar-refractivity contribution is 5.41. The topological polar surface area (TPSA) is 43.8 Å². The van der Waals surface area contributed by atoms with Gasteiger partial charge in [-0.3, -0.25) is 0 Å². The Balaban J connectivity index is 3.22. The van der Waals surface area contributed by atoms with Gasteiger partial charge < -0.3 is 10.3 Å². The molecule has 0 aliphatic rings. The first kappa shape index (κ1) is 14.1. The smallest absolute Gasteiger partial charge is 0.127 e. The van der Waals surface area contributed by atoms with Crippen molar-refractivity contribution in [1.29, 1.82) is 0 Å². The molecule has 0 saturated heterocycles. The van der Waals surface area contributed by atoms with Crippen LogP contribution in [0.5, 0.6) is 0 Å². The summed E-state index contributed by atoms with van der Waals surface area (Å²) in [6, 6.07) is 0. The second-order valence-electron chi connectivity index (χ2n) is 6.12. The number of rotatable bonds is 4. The minimum atomic E-state index is 0.0506. The van der Waals surface area contributed by atoms with Crippen LogP contribution in [0.3, 0.4) is 0 Å². The largest absolute Gasteiger partial charge is 0.384 e. The van der Waals surface area contributed by atoms with E-state index >= 15 is 0 Å². The number of aromatic nitrogens is 2. The number of anilines is 1.